The van der Waals surface area contributed by atoms with Crippen LogP contribution in [0, 0.1) is 6.92 Å². The van der Waals surface area contributed by atoms with Crippen LogP contribution in [0.2, 0.25) is 0 Å². The van der Waals surface area contributed by atoms with Gasteiger partial charge in [-0.1, -0.05) is 30.0 Å². The van der Waals surface area contributed by atoms with Crippen molar-refractivity contribution in [3.63, 3.8) is 0 Å². The number of thioether (sulfide) groups is 1. The van der Waals surface area contributed by atoms with E-state index in [-0.39, 0.29) is 17.1 Å². The Bertz CT molecular complexity index is 1170. The number of ketones is 1. The summed E-state index contributed by atoms with van der Waals surface area (Å²) in [6.45, 7) is 1.91. The van der Waals surface area contributed by atoms with Gasteiger partial charge in [0.2, 0.25) is 0 Å². The van der Waals surface area contributed by atoms with Gasteiger partial charge in [0.05, 0.1) is 11.1 Å². The Morgan fingerprint density at radius 3 is 2.92 bits per heavy atom. The third-order valence-electron chi connectivity index (χ3n) is 4.17. The van der Waals surface area contributed by atoms with Crippen LogP contribution in [0.25, 0.3) is 21.1 Å². The zero-order valence-corrected chi connectivity index (χ0v) is 15.3. The monoisotopic (exact) mass is 369 g/mol. The van der Waals surface area contributed by atoms with E-state index in [1.54, 1.807) is 13.1 Å². The van der Waals surface area contributed by atoms with Gasteiger partial charge < -0.3 is 4.98 Å². The number of rotatable bonds is 4. The molecule has 0 aliphatic heterocycles. The fourth-order valence-corrected chi connectivity index (χ4v) is 4.60. The lowest BCUT2D eigenvalue weighted by Gasteiger charge is -2.06. The molecule has 0 saturated heterocycles. The molecular formula is C18H15N3O2S2. The number of thiophene rings is 1. The molecular weight excluding hydrogens is 354 g/mol. The Hall–Kier alpha value is -2.38. The molecule has 0 bridgehead atoms. The molecule has 1 aromatic carbocycles. The van der Waals surface area contributed by atoms with Crippen molar-refractivity contribution >= 4 is 50.0 Å². The van der Waals surface area contributed by atoms with Crippen molar-refractivity contribution in [1.82, 2.24) is 14.5 Å². The molecule has 0 radical (unpaired) electrons. The second-order valence-electron chi connectivity index (χ2n) is 5.78. The minimum absolute atomic E-state index is 0.0282. The molecule has 0 atom stereocenters. The van der Waals surface area contributed by atoms with E-state index in [1.165, 1.54) is 27.7 Å². The highest BCUT2D eigenvalue weighted by atomic mass is 32.2. The van der Waals surface area contributed by atoms with Crippen LogP contribution in [0.3, 0.4) is 0 Å². The van der Waals surface area contributed by atoms with Gasteiger partial charge in [-0.05, 0) is 24.4 Å². The Kier molecular flexibility index (Phi) is 3.97. The second-order valence-corrected chi connectivity index (χ2v) is 7.62. The van der Waals surface area contributed by atoms with Crippen molar-refractivity contribution in [2.45, 2.75) is 12.1 Å². The van der Waals surface area contributed by atoms with Gasteiger partial charge in [0.15, 0.2) is 10.9 Å². The molecule has 0 unspecified atom stereocenters. The number of aryl methyl sites for hydroxylation is 1. The molecule has 0 spiro atoms. The second kappa shape index (κ2) is 6.16. The number of carbonyl (C=O) groups is 1. The van der Waals surface area contributed by atoms with E-state index in [1.807, 2.05) is 36.6 Å². The Balaban J connectivity index is 1.65. The highest BCUT2D eigenvalue weighted by molar-refractivity contribution is 7.99. The summed E-state index contributed by atoms with van der Waals surface area (Å²) in [6, 6.07) is 9.56. The Morgan fingerprint density at radius 2 is 2.08 bits per heavy atom. The first-order valence-corrected chi connectivity index (χ1v) is 9.60. The van der Waals surface area contributed by atoms with Gasteiger partial charge in [-0.15, -0.1) is 11.3 Å². The molecule has 0 fully saturated rings. The normalized spacial score (nSPS) is 11.4. The van der Waals surface area contributed by atoms with Crippen LogP contribution in [0.15, 0.2) is 45.7 Å². The van der Waals surface area contributed by atoms with E-state index in [0.29, 0.717) is 20.9 Å². The molecule has 4 aromatic rings. The Morgan fingerprint density at radius 1 is 1.28 bits per heavy atom. The largest absolute Gasteiger partial charge is 0.358 e. The quantitative estimate of drug-likeness (QED) is 0.338. The zero-order valence-electron chi connectivity index (χ0n) is 13.7. The van der Waals surface area contributed by atoms with Crippen LogP contribution >= 0.6 is 23.1 Å². The molecule has 1 N–H and O–H groups in total. The molecule has 0 aliphatic carbocycles. The maximum absolute atomic E-state index is 12.8. The average molecular weight is 369 g/mol. The number of Topliss-reactive ketones (excluding diaryl/α,β-unsaturated/α-hetero) is 1. The van der Waals surface area contributed by atoms with Crippen LogP contribution in [0.4, 0.5) is 0 Å². The van der Waals surface area contributed by atoms with Crippen molar-refractivity contribution in [2.24, 2.45) is 7.05 Å². The molecule has 7 heteroatoms. The van der Waals surface area contributed by atoms with Crippen LogP contribution in [0.1, 0.15) is 16.1 Å². The first-order valence-electron chi connectivity index (χ1n) is 7.74. The summed E-state index contributed by atoms with van der Waals surface area (Å²) in [5.41, 5.74) is 2.45. The van der Waals surface area contributed by atoms with Crippen molar-refractivity contribution in [2.75, 3.05) is 5.75 Å². The molecule has 5 nitrogen and oxygen atoms in total. The van der Waals surface area contributed by atoms with Gasteiger partial charge in [0.1, 0.15) is 4.83 Å². The van der Waals surface area contributed by atoms with Gasteiger partial charge in [-0.25, -0.2) is 4.98 Å². The van der Waals surface area contributed by atoms with Crippen LogP contribution in [-0.4, -0.2) is 26.1 Å². The number of nitrogens with one attached hydrogen (secondary N) is 1. The van der Waals surface area contributed by atoms with Crippen LogP contribution < -0.4 is 5.56 Å². The topological polar surface area (TPSA) is 67.8 Å². The summed E-state index contributed by atoms with van der Waals surface area (Å²) in [5.74, 6) is 0.264. The summed E-state index contributed by atoms with van der Waals surface area (Å²) >= 11 is 2.73. The maximum atomic E-state index is 12.8. The number of H-pyrrole nitrogens is 1. The SMILES string of the molecule is Cc1[nH]c2ccccc2c1C(=O)CSc1nc2sccc2c(=O)n1C. The number of hydrogen-bond donors (Lipinski definition) is 1. The fourth-order valence-electron chi connectivity index (χ4n) is 2.95. The molecule has 126 valence electrons. The lowest BCUT2D eigenvalue weighted by molar-refractivity contribution is 0.102. The number of hydrogen-bond acceptors (Lipinski definition) is 5. The van der Waals surface area contributed by atoms with Crippen molar-refractivity contribution in [1.29, 1.82) is 0 Å². The number of benzene rings is 1. The molecule has 3 heterocycles. The lowest BCUT2D eigenvalue weighted by Crippen LogP contribution is -2.19. The fraction of sp³-hybridized carbons (Fsp3) is 0.167. The van der Waals surface area contributed by atoms with Crippen LogP contribution in [-0.2, 0) is 7.05 Å². The van der Waals surface area contributed by atoms with E-state index in [4.69, 9.17) is 0 Å². The van der Waals surface area contributed by atoms with E-state index < -0.39 is 0 Å². The molecule has 4 rings (SSSR count). The van der Waals surface area contributed by atoms with Gasteiger partial charge >= 0.3 is 0 Å². The lowest BCUT2D eigenvalue weighted by atomic mass is 10.1. The van der Waals surface area contributed by atoms with Crippen LogP contribution in [0.5, 0.6) is 0 Å². The minimum atomic E-state index is -0.0792. The number of carbonyl (C=O) groups excluding carboxylic acids is 1. The van der Waals surface area contributed by atoms with E-state index in [0.717, 1.165) is 16.6 Å². The number of aromatic amines is 1. The van der Waals surface area contributed by atoms with E-state index in [9.17, 15) is 9.59 Å². The van der Waals surface area contributed by atoms with Gasteiger partial charge in [0, 0.05) is 29.2 Å². The summed E-state index contributed by atoms with van der Waals surface area (Å²) in [7, 11) is 1.69. The number of aromatic nitrogens is 3. The molecule has 0 amide bonds. The smallest absolute Gasteiger partial charge is 0.262 e. The molecule has 3 aromatic heterocycles. The van der Waals surface area contributed by atoms with E-state index in [2.05, 4.69) is 9.97 Å². The minimum Gasteiger partial charge on any atom is -0.358 e. The summed E-state index contributed by atoms with van der Waals surface area (Å²) < 4.78 is 1.51. The molecule has 0 saturated carbocycles. The summed E-state index contributed by atoms with van der Waals surface area (Å²) in [6.07, 6.45) is 0. The Labute approximate surface area is 151 Å². The van der Waals surface area contributed by atoms with Gasteiger partial charge in [0.25, 0.3) is 5.56 Å². The number of para-hydroxylation sites is 1. The van der Waals surface area contributed by atoms with E-state index >= 15 is 0 Å². The van der Waals surface area contributed by atoms with Crippen molar-refractivity contribution in [3.8, 4) is 0 Å². The summed E-state index contributed by atoms with van der Waals surface area (Å²) in [4.78, 5) is 33.6. The standard InChI is InChI=1S/C18H15N3O2S2/c1-10-15(11-5-3-4-6-13(11)19-10)14(22)9-25-18-20-16-12(7-8-24-16)17(23)21(18)2/h3-8,19H,9H2,1-2H3. The molecule has 0 aliphatic rings. The number of fused-ring (bicyclic) bond motifs is 2. The number of nitrogens with zero attached hydrogens (tertiary/aromatic N) is 2. The first-order chi connectivity index (χ1) is 12.1. The third-order valence-corrected chi connectivity index (χ3v) is 6.01. The first kappa shape index (κ1) is 16.1. The predicted octanol–water partition coefficient (Wildman–Crippen LogP) is 3.76. The van der Waals surface area contributed by atoms with Crippen molar-refractivity contribution < 1.29 is 4.79 Å². The highest BCUT2D eigenvalue weighted by Crippen LogP contribution is 2.25. The van der Waals surface area contributed by atoms with Crippen molar-refractivity contribution in [3.05, 3.63) is 57.3 Å². The average Bonchev–Trinajstić information content (AvgIpc) is 3.19. The third kappa shape index (κ3) is 2.69. The summed E-state index contributed by atoms with van der Waals surface area (Å²) in [5, 5.41) is 3.97. The molecule has 25 heavy (non-hydrogen) atoms. The zero-order chi connectivity index (χ0) is 17.6. The van der Waals surface area contributed by atoms with Gasteiger partial charge in [-0.3, -0.25) is 14.2 Å². The maximum Gasteiger partial charge on any atom is 0.262 e. The highest BCUT2D eigenvalue weighted by Gasteiger charge is 2.17. The van der Waals surface area contributed by atoms with Gasteiger partial charge in [-0.2, -0.15) is 0 Å². The predicted molar refractivity (Wildman–Crippen MR) is 103 cm³/mol.